The number of hydrogen-bond donors (Lipinski definition) is 0. The van der Waals surface area contributed by atoms with Gasteiger partial charge in [-0.25, -0.2) is 8.42 Å². The maximum absolute atomic E-state index is 11.7. The lowest BCUT2D eigenvalue weighted by Gasteiger charge is -2.04. The Morgan fingerprint density at radius 3 is 2.44 bits per heavy atom. The number of hydrogen-bond acceptors (Lipinski definition) is 5. The largest absolute Gasteiger partial charge is 0.549 e. The van der Waals surface area contributed by atoms with Gasteiger partial charge in [-0.3, -0.25) is 0 Å². The first-order valence-corrected chi connectivity index (χ1v) is 7.38. The van der Waals surface area contributed by atoms with E-state index in [0.717, 1.165) is 11.8 Å². The van der Waals surface area contributed by atoms with Gasteiger partial charge in [0.25, 0.3) is 0 Å². The second-order valence-corrected chi connectivity index (χ2v) is 6.27. The minimum Gasteiger partial charge on any atom is -0.549 e. The number of sulfone groups is 1. The number of carboxylic acids is 1. The van der Waals surface area contributed by atoms with Crippen LogP contribution in [0.25, 0.3) is 0 Å². The molecule has 0 fully saturated rings. The molecule has 6 heteroatoms. The van der Waals surface area contributed by atoms with E-state index < -0.39 is 15.8 Å². The van der Waals surface area contributed by atoms with Gasteiger partial charge in [0.15, 0.2) is 9.84 Å². The van der Waals surface area contributed by atoms with E-state index in [1.165, 1.54) is 12.1 Å². The lowest BCUT2D eigenvalue weighted by atomic mass is 10.4. The maximum Gasteiger partial charge on any atom is 0.179 e. The number of thioether (sulfide) groups is 1. The predicted molar refractivity (Wildman–Crippen MR) is 60.8 cm³/mol. The predicted octanol–water partition coefficient (Wildman–Crippen LogP) is -0.0566. The van der Waals surface area contributed by atoms with Gasteiger partial charge in [-0.2, -0.15) is 11.8 Å². The van der Waals surface area contributed by atoms with Gasteiger partial charge in [0, 0.05) is 11.5 Å². The molecule has 0 saturated heterocycles. The summed E-state index contributed by atoms with van der Waals surface area (Å²) in [6.07, 6.45) is 0. The Balaban J connectivity index is 2.51. The second-order valence-electron chi connectivity index (χ2n) is 3.06. The molecular weight excluding hydrogens is 248 g/mol. The molecule has 0 heterocycles. The lowest BCUT2D eigenvalue weighted by Crippen LogP contribution is -2.25. The highest BCUT2D eigenvalue weighted by molar-refractivity contribution is 8.01. The summed E-state index contributed by atoms with van der Waals surface area (Å²) in [5.74, 6) is -1.16. The summed E-state index contributed by atoms with van der Waals surface area (Å²) in [7, 11) is -3.29. The molecule has 0 aliphatic heterocycles. The van der Waals surface area contributed by atoms with Crippen molar-refractivity contribution >= 4 is 27.6 Å². The molecule has 88 valence electrons. The minimum atomic E-state index is -3.29. The lowest BCUT2D eigenvalue weighted by molar-refractivity contribution is -0.301. The van der Waals surface area contributed by atoms with Crippen LogP contribution in [0, 0.1) is 0 Å². The van der Waals surface area contributed by atoms with E-state index in [-0.39, 0.29) is 22.2 Å². The van der Waals surface area contributed by atoms with Crippen molar-refractivity contribution in [2.45, 2.75) is 4.90 Å². The molecule has 0 atom stereocenters. The van der Waals surface area contributed by atoms with Gasteiger partial charge in [-0.15, -0.1) is 0 Å². The summed E-state index contributed by atoms with van der Waals surface area (Å²) in [4.78, 5) is 10.4. The van der Waals surface area contributed by atoms with Crippen LogP contribution in [0.5, 0.6) is 0 Å². The Bertz CT molecular complexity index is 439. The molecule has 0 aliphatic carbocycles. The van der Waals surface area contributed by atoms with Gasteiger partial charge < -0.3 is 9.90 Å². The molecule has 0 saturated carbocycles. The molecule has 1 aromatic rings. The zero-order valence-electron chi connectivity index (χ0n) is 8.46. The molecule has 0 N–H and O–H groups in total. The fourth-order valence-corrected chi connectivity index (χ4v) is 3.54. The zero-order chi connectivity index (χ0) is 12.0. The normalized spacial score (nSPS) is 11.2. The first-order chi connectivity index (χ1) is 7.52. The number of rotatable bonds is 6. The molecule has 1 aromatic carbocycles. The van der Waals surface area contributed by atoms with Crippen LogP contribution in [0.15, 0.2) is 35.2 Å². The van der Waals surface area contributed by atoms with E-state index in [9.17, 15) is 18.3 Å². The molecule has 0 radical (unpaired) electrons. The topological polar surface area (TPSA) is 74.3 Å². The number of benzene rings is 1. The van der Waals surface area contributed by atoms with E-state index in [2.05, 4.69) is 0 Å². The fraction of sp³-hybridized carbons (Fsp3) is 0.300. The molecular formula is C10H11O4S2-. The molecule has 16 heavy (non-hydrogen) atoms. The van der Waals surface area contributed by atoms with Crippen molar-refractivity contribution in [1.29, 1.82) is 0 Å². The first-order valence-electron chi connectivity index (χ1n) is 4.58. The van der Waals surface area contributed by atoms with Crippen LogP contribution in [0.2, 0.25) is 0 Å². The summed E-state index contributed by atoms with van der Waals surface area (Å²) in [6.45, 7) is 0. The average Bonchev–Trinajstić information content (AvgIpc) is 2.26. The molecule has 4 nitrogen and oxygen atoms in total. The molecule has 0 bridgehead atoms. The van der Waals surface area contributed by atoms with Gasteiger partial charge in [0.05, 0.1) is 16.6 Å². The molecule has 0 aromatic heterocycles. The van der Waals surface area contributed by atoms with Gasteiger partial charge in [0.1, 0.15) is 0 Å². The Kier molecular flexibility index (Phi) is 4.82. The standard InChI is InChI=1S/C10H12O4S2/c11-10(12)8-15-6-7-16(13,14)9-4-2-1-3-5-9/h1-5H,6-8H2,(H,11,12)/p-1. The van der Waals surface area contributed by atoms with Crippen molar-refractivity contribution in [2.75, 3.05) is 17.3 Å². The third kappa shape index (κ3) is 4.24. The molecule has 0 unspecified atom stereocenters. The summed E-state index contributed by atoms with van der Waals surface area (Å²) in [6, 6.07) is 8.10. The Hall–Kier alpha value is -1.01. The highest BCUT2D eigenvalue weighted by Crippen LogP contribution is 2.12. The number of carbonyl (C=O) groups excluding carboxylic acids is 1. The number of carboxylic acid groups (broad SMARTS) is 1. The van der Waals surface area contributed by atoms with Crippen LogP contribution < -0.4 is 5.11 Å². The van der Waals surface area contributed by atoms with Crippen LogP contribution in [-0.2, 0) is 14.6 Å². The molecule has 1 rings (SSSR count). The fourth-order valence-electron chi connectivity index (χ4n) is 1.07. The number of carbonyl (C=O) groups is 1. The van der Waals surface area contributed by atoms with Crippen molar-refractivity contribution in [3.63, 3.8) is 0 Å². The highest BCUT2D eigenvalue weighted by Gasteiger charge is 2.12. The van der Waals surface area contributed by atoms with Crippen molar-refractivity contribution in [1.82, 2.24) is 0 Å². The van der Waals surface area contributed by atoms with Gasteiger partial charge in [-0.05, 0) is 12.1 Å². The van der Waals surface area contributed by atoms with Crippen LogP contribution in [0.4, 0.5) is 0 Å². The molecule has 0 amide bonds. The highest BCUT2D eigenvalue weighted by atomic mass is 32.2. The van der Waals surface area contributed by atoms with E-state index in [0.29, 0.717) is 0 Å². The van der Waals surface area contributed by atoms with Crippen LogP contribution in [0.1, 0.15) is 0 Å². The third-order valence-electron chi connectivity index (χ3n) is 1.82. The zero-order valence-corrected chi connectivity index (χ0v) is 10.1. The van der Waals surface area contributed by atoms with E-state index in [1.54, 1.807) is 18.2 Å². The average molecular weight is 259 g/mol. The summed E-state index contributed by atoms with van der Waals surface area (Å²) in [5, 5.41) is 10.1. The van der Waals surface area contributed by atoms with Gasteiger partial charge >= 0.3 is 0 Å². The van der Waals surface area contributed by atoms with Gasteiger partial charge in [0.2, 0.25) is 0 Å². The van der Waals surface area contributed by atoms with Crippen molar-refractivity contribution < 1.29 is 18.3 Å². The third-order valence-corrected chi connectivity index (χ3v) is 4.74. The van der Waals surface area contributed by atoms with Crippen molar-refractivity contribution in [3.05, 3.63) is 30.3 Å². The van der Waals surface area contributed by atoms with Gasteiger partial charge in [-0.1, -0.05) is 18.2 Å². The Morgan fingerprint density at radius 1 is 1.25 bits per heavy atom. The quantitative estimate of drug-likeness (QED) is 0.669. The van der Waals surface area contributed by atoms with Crippen LogP contribution in [-0.4, -0.2) is 31.6 Å². The Morgan fingerprint density at radius 2 is 1.88 bits per heavy atom. The molecule has 0 aliphatic rings. The van der Waals surface area contributed by atoms with E-state index in [1.807, 2.05) is 0 Å². The summed E-state index contributed by atoms with van der Waals surface area (Å²) in [5.41, 5.74) is 0. The number of aliphatic carboxylic acids is 1. The van der Waals surface area contributed by atoms with E-state index in [4.69, 9.17) is 0 Å². The minimum absolute atomic E-state index is 0.0606. The van der Waals surface area contributed by atoms with Crippen molar-refractivity contribution in [3.8, 4) is 0 Å². The van der Waals surface area contributed by atoms with Crippen LogP contribution >= 0.6 is 11.8 Å². The monoisotopic (exact) mass is 259 g/mol. The summed E-state index contributed by atoms with van der Waals surface area (Å²) >= 11 is 1.04. The summed E-state index contributed by atoms with van der Waals surface area (Å²) < 4.78 is 23.4. The SMILES string of the molecule is O=C([O-])CSCCS(=O)(=O)c1ccccc1. The maximum atomic E-state index is 11.7. The second kappa shape index (κ2) is 5.91. The molecule has 0 spiro atoms. The smallest absolute Gasteiger partial charge is 0.179 e. The van der Waals surface area contributed by atoms with E-state index >= 15 is 0 Å². The Labute approximate surface area is 98.6 Å². The van der Waals surface area contributed by atoms with Crippen molar-refractivity contribution in [2.24, 2.45) is 0 Å². The first kappa shape index (κ1) is 13.1. The van der Waals surface area contributed by atoms with Crippen LogP contribution in [0.3, 0.4) is 0 Å².